The zero-order valence-electron chi connectivity index (χ0n) is 9.75. The van der Waals surface area contributed by atoms with E-state index in [-0.39, 0.29) is 17.1 Å². The van der Waals surface area contributed by atoms with Crippen molar-refractivity contribution >= 4 is 11.5 Å². The Hall–Kier alpha value is -2.57. The molecule has 18 heavy (non-hydrogen) atoms. The van der Waals surface area contributed by atoms with E-state index in [1.165, 1.54) is 20.3 Å². The summed E-state index contributed by atoms with van der Waals surface area (Å²) < 4.78 is 9.87. The summed E-state index contributed by atoms with van der Waals surface area (Å²) in [6.07, 6.45) is 1.33. The standard InChI is InChI=1S/C11H11NO6/c1-17-10-5-7(9(14)3-4-13)8(12(15)16)6-11(10)18-2/h3-6,13H,1-2H3/b4-3+. The fraction of sp³-hybridized carbons (Fsp3) is 0.182. The van der Waals surface area contributed by atoms with Crippen LogP contribution < -0.4 is 9.47 Å². The number of nitrogens with zero attached hydrogens (tertiary/aromatic N) is 1. The summed E-state index contributed by atoms with van der Waals surface area (Å²) in [5.41, 5.74) is -0.612. The second-order valence-electron chi connectivity index (χ2n) is 3.16. The SMILES string of the molecule is COc1cc(C(=O)/C=C/O)c([N+](=O)[O-])cc1OC. The number of ketones is 1. The lowest BCUT2D eigenvalue weighted by molar-refractivity contribution is -0.385. The molecule has 0 spiro atoms. The molecule has 96 valence electrons. The second kappa shape index (κ2) is 5.67. The number of aliphatic hydroxyl groups excluding tert-OH is 1. The fourth-order valence-corrected chi connectivity index (χ4v) is 1.37. The van der Waals surface area contributed by atoms with Crippen LogP contribution in [0.15, 0.2) is 24.5 Å². The van der Waals surface area contributed by atoms with Crippen LogP contribution in [0.5, 0.6) is 11.5 Å². The summed E-state index contributed by atoms with van der Waals surface area (Å²) in [5.74, 6) is -0.364. The number of benzene rings is 1. The average Bonchev–Trinajstić information content (AvgIpc) is 2.37. The van der Waals surface area contributed by atoms with Crippen LogP contribution in [0, 0.1) is 10.1 Å². The third-order valence-electron chi connectivity index (χ3n) is 2.19. The second-order valence-corrected chi connectivity index (χ2v) is 3.16. The van der Waals surface area contributed by atoms with Gasteiger partial charge in [-0.1, -0.05) is 0 Å². The van der Waals surface area contributed by atoms with Crippen LogP contribution in [-0.4, -0.2) is 30.0 Å². The molecule has 0 aliphatic heterocycles. The summed E-state index contributed by atoms with van der Waals surface area (Å²) in [6, 6.07) is 2.29. The maximum absolute atomic E-state index is 11.6. The number of hydrogen-bond donors (Lipinski definition) is 1. The molecule has 0 aliphatic carbocycles. The van der Waals surface area contributed by atoms with E-state index in [0.29, 0.717) is 6.26 Å². The highest BCUT2D eigenvalue weighted by atomic mass is 16.6. The first-order valence-electron chi connectivity index (χ1n) is 4.80. The van der Waals surface area contributed by atoms with Crippen LogP contribution in [0.4, 0.5) is 5.69 Å². The van der Waals surface area contributed by atoms with Crippen molar-refractivity contribution < 1.29 is 24.3 Å². The van der Waals surface area contributed by atoms with E-state index in [1.807, 2.05) is 0 Å². The number of rotatable bonds is 5. The molecule has 0 fully saturated rings. The topological polar surface area (TPSA) is 98.9 Å². The lowest BCUT2D eigenvalue weighted by Gasteiger charge is -2.08. The third-order valence-corrected chi connectivity index (χ3v) is 2.19. The molecule has 0 heterocycles. The van der Waals surface area contributed by atoms with Gasteiger partial charge in [0.05, 0.1) is 31.5 Å². The Balaban J connectivity index is 3.47. The molecule has 7 nitrogen and oxygen atoms in total. The highest BCUT2D eigenvalue weighted by Crippen LogP contribution is 2.34. The number of nitro benzene ring substituents is 1. The minimum Gasteiger partial charge on any atom is -0.515 e. The highest BCUT2D eigenvalue weighted by molar-refractivity contribution is 6.07. The molecular formula is C11H11NO6. The van der Waals surface area contributed by atoms with Crippen LogP contribution in [0.2, 0.25) is 0 Å². The van der Waals surface area contributed by atoms with E-state index in [0.717, 1.165) is 12.1 Å². The van der Waals surface area contributed by atoms with Gasteiger partial charge in [-0.3, -0.25) is 14.9 Å². The van der Waals surface area contributed by atoms with Gasteiger partial charge in [-0.2, -0.15) is 0 Å². The first-order chi connectivity index (χ1) is 8.54. The van der Waals surface area contributed by atoms with Gasteiger partial charge in [-0.05, 0) is 0 Å². The minimum atomic E-state index is -0.708. The molecule has 0 saturated carbocycles. The van der Waals surface area contributed by atoms with Crippen molar-refractivity contribution in [1.29, 1.82) is 0 Å². The van der Waals surface area contributed by atoms with Gasteiger partial charge in [-0.25, -0.2) is 0 Å². The molecule has 0 radical (unpaired) electrons. The Bertz CT molecular complexity index is 509. The summed E-state index contributed by atoms with van der Waals surface area (Å²) in [4.78, 5) is 21.8. The number of ether oxygens (including phenoxy) is 2. The highest BCUT2D eigenvalue weighted by Gasteiger charge is 2.23. The Morgan fingerprint density at radius 3 is 2.33 bits per heavy atom. The Labute approximate surface area is 102 Å². The molecule has 0 bridgehead atoms. The molecule has 7 heteroatoms. The summed E-state index contributed by atoms with van der Waals surface area (Å²) in [6.45, 7) is 0. The summed E-state index contributed by atoms with van der Waals surface area (Å²) in [7, 11) is 2.68. The average molecular weight is 253 g/mol. The Morgan fingerprint density at radius 2 is 1.89 bits per heavy atom. The Kier molecular flexibility index (Phi) is 4.25. The van der Waals surface area contributed by atoms with Crippen molar-refractivity contribution in [2.45, 2.75) is 0 Å². The zero-order chi connectivity index (χ0) is 13.7. The number of aliphatic hydroxyl groups is 1. The van der Waals surface area contributed by atoms with Crippen molar-refractivity contribution in [3.8, 4) is 11.5 Å². The van der Waals surface area contributed by atoms with E-state index in [9.17, 15) is 14.9 Å². The quantitative estimate of drug-likeness (QED) is 0.283. The predicted molar refractivity (Wildman–Crippen MR) is 62.3 cm³/mol. The smallest absolute Gasteiger partial charge is 0.284 e. The maximum atomic E-state index is 11.6. The van der Waals surface area contributed by atoms with Gasteiger partial charge >= 0.3 is 0 Å². The minimum absolute atomic E-state index is 0.147. The van der Waals surface area contributed by atoms with E-state index >= 15 is 0 Å². The van der Waals surface area contributed by atoms with E-state index < -0.39 is 16.4 Å². The molecule has 1 aromatic carbocycles. The van der Waals surface area contributed by atoms with Crippen molar-refractivity contribution in [3.63, 3.8) is 0 Å². The molecule has 0 saturated heterocycles. The van der Waals surface area contributed by atoms with E-state index in [1.54, 1.807) is 0 Å². The van der Waals surface area contributed by atoms with Crippen LogP contribution >= 0.6 is 0 Å². The molecular weight excluding hydrogens is 242 g/mol. The molecule has 0 aliphatic rings. The lowest BCUT2D eigenvalue weighted by Crippen LogP contribution is -2.03. The number of nitro groups is 1. The van der Waals surface area contributed by atoms with Crippen LogP contribution in [0.25, 0.3) is 0 Å². The third kappa shape index (κ3) is 2.57. The molecule has 0 amide bonds. The maximum Gasteiger partial charge on any atom is 0.284 e. The van der Waals surface area contributed by atoms with Gasteiger partial charge in [-0.15, -0.1) is 0 Å². The Morgan fingerprint density at radius 1 is 1.33 bits per heavy atom. The molecule has 0 aromatic heterocycles. The fourth-order valence-electron chi connectivity index (χ4n) is 1.37. The van der Waals surface area contributed by atoms with Gasteiger partial charge in [0.25, 0.3) is 5.69 Å². The number of carbonyl (C=O) groups excluding carboxylic acids is 1. The number of methoxy groups -OCH3 is 2. The van der Waals surface area contributed by atoms with Crippen molar-refractivity contribution in [2.75, 3.05) is 14.2 Å². The van der Waals surface area contributed by atoms with Gasteiger partial charge < -0.3 is 14.6 Å². The first-order valence-corrected chi connectivity index (χ1v) is 4.80. The number of allylic oxidation sites excluding steroid dienone is 1. The molecule has 1 aromatic rings. The van der Waals surface area contributed by atoms with E-state index in [2.05, 4.69) is 0 Å². The summed E-state index contributed by atoms with van der Waals surface area (Å²) in [5, 5.41) is 19.4. The first kappa shape index (κ1) is 13.5. The normalized spacial score (nSPS) is 10.3. The van der Waals surface area contributed by atoms with Crippen LogP contribution in [-0.2, 0) is 0 Å². The van der Waals surface area contributed by atoms with Crippen molar-refractivity contribution in [1.82, 2.24) is 0 Å². The van der Waals surface area contributed by atoms with Gasteiger partial charge in [0.2, 0.25) is 0 Å². The molecule has 1 N–H and O–H groups in total. The number of hydrogen-bond acceptors (Lipinski definition) is 6. The van der Waals surface area contributed by atoms with Gasteiger partial charge in [0.15, 0.2) is 17.3 Å². The van der Waals surface area contributed by atoms with Crippen molar-refractivity contribution in [3.05, 3.63) is 40.1 Å². The van der Waals surface area contributed by atoms with E-state index in [4.69, 9.17) is 14.6 Å². The van der Waals surface area contributed by atoms with Gasteiger partial charge in [0, 0.05) is 12.1 Å². The van der Waals surface area contributed by atoms with Crippen LogP contribution in [0.3, 0.4) is 0 Å². The molecule has 1 rings (SSSR count). The largest absolute Gasteiger partial charge is 0.515 e. The monoisotopic (exact) mass is 253 g/mol. The molecule has 0 atom stereocenters. The van der Waals surface area contributed by atoms with Gasteiger partial charge in [0.1, 0.15) is 5.56 Å². The zero-order valence-corrected chi connectivity index (χ0v) is 9.75. The predicted octanol–water partition coefficient (Wildman–Crippen LogP) is 1.87. The number of carbonyl (C=O) groups is 1. The molecule has 0 unspecified atom stereocenters. The summed E-state index contributed by atoms with van der Waals surface area (Å²) >= 11 is 0. The van der Waals surface area contributed by atoms with Crippen LogP contribution in [0.1, 0.15) is 10.4 Å². The van der Waals surface area contributed by atoms with Crippen molar-refractivity contribution in [2.24, 2.45) is 0 Å². The lowest BCUT2D eigenvalue weighted by atomic mass is 10.1.